The largest absolute Gasteiger partial charge is 0.336 e. The Balaban J connectivity index is 1.34. The number of carbonyl (C=O) groups is 1. The van der Waals surface area contributed by atoms with Crippen LogP contribution in [0.25, 0.3) is 22.6 Å². The molecule has 0 unspecified atom stereocenters. The Hall–Kier alpha value is -4.72. The van der Waals surface area contributed by atoms with Crippen LogP contribution in [-0.2, 0) is 30.6 Å². The third-order valence-corrected chi connectivity index (χ3v) is 7.40. The zero-order chi connectivity index (χ0) is 27.5. The first-order valence-electron chi connectivity index (χ1n) is 13.7. The lowest BCUT2D eigenvalue weighted by molar-refractivity contribution is -0.117. The van der Waals surface area contributed by atoms with E-state index in [0.29, 0.717) is 29.8 Å². The lowest BCUT2D eigenvalue weighted by Crippen LogP contribution is -2.32. The molecule has 0 saturated carbocycles. The molecule has 0 radical (unpaired) electrons. The molecule has 0 spiro atoms. The van der Waals surface area contributed by atoms with Crippen molar-refractivity contribution in [1.29, 1.82) is 0 Å². The molecule has 3 heterocycles. The van der Waals surface area contributed by atoms with Crippen molar-refractivity contribution in [2.75, 3.05) is 11.4 Å². The monoisotopic (exact) mass is 529 g/mol. The van der Waals surface area contributed by atoms with Gasteiger partial charge in [0, 0.05) is 37.1 Å². The van der Waals surface area contributed by atoms with E-state index >= 15 is 0 Å². The number of ketones is 1. The first-order valence-corrected chi connectivity index (χ1v) is 13.7. The highest BCUT2D eigenvalue weighted by molar-refractivity contribution is 5.84. The first-order chi connectivity index (χ1) is 19.5. The van der Waals surface area contributed by atoms with Crippen LogP contribution in [0, 0.1) is 0 Å². The molecule has 200 valence electrons. The number of nitrogens with one attached hydrogen (secondary N) is 1. The van der Waals surface area contributed by atoms with Crippen LogP contribution >= 0.6 is 0 Å². The summed E-state index contributed by atoms with van der Waals surface area (Å²) >= 11 is 0. The fraction of sp³-hybridized carbons (Fsp3) is 0.250. The smallest absolute Gasteiger partial charge is 0.226 e. The van der Waals surface area contributed by atoms with E-state index in [-0.39, 0.29) is 12.2 Å². The SMILES string of the molecule is CC(C)c1ccc(CC(=O)Cc2cc(-c3ccccc3-c3nn[nH]n3)nc(N3CCc4ccccc4C3)n2)cc1. The number of Topliss-reactive ketones (excluding diaryl/α,β-unsaturated/α-hetero) is 1. The van der Waals surface area contributed by atoms with E-state index in [4.69, 9.17) is 9.97 Å². The standard InChI is InChI=1S/C32H31N7O/c1-21(2)23-13-11-22(12-14-23)17-27(40)18-26-19-30(28-9-5-6-10-29(28)31-35-37-38-36-31)34-32(33-26)39-16-15-24-7-3-4-8-25(24)20-39/h3-14,19,21H,15-18,20H2,1-2H3,(H,35,36,37,38). The van der Waals surface area contributed by atoms with Crippen molar-refractivity contribution in [3.63, 3.8) is 0 Å². The normalized spacial score (nSPS) is 12.9. The van der Waals surface area contributed by atoms with E-state index in [0.717, 1.165) is 41.9 Å². The summed E-state index contributed by atoms with van der Waals surface area (Å²) in [6, 6.07) is 26.6. The number of H-pyrrole nitrogens is 1. The second-order valence-electron chi connectivity index (χ2n) is 10.6. The predicted octanol–water partition coefficient (Wildman–Crippen LogP) is 5.36. The van der Waals surface area contributed by atoms with Crippen LogP contribution in [0.3, 0.4) is 0 Å². The fourth-order valence-electron chi connectivity index (χ4n) is 5.21. The maximum atomic E-state index is 13.2. The van der Waals surface area contributed by atoms with Crippen LogP contribution in [0.5, 0.6) is 0 Å². The second-order valence-corrected chi connectivity index (χ2v) is 10.6. The molecule has 0 fully saturated rings. The fourth-order valence-corrected chi connectivity index (χ4v) is 5.21. The number of aromatic amines is 1. The number of hydrogen-bond acceptors (Lipinski definition) is 7. The lowest BCUT2D eigenvalue weighted by Gasteiger charge is -2.29. The summed E-state index contributed by atoms with van der Waals surface area (Å²) in [4.78, 5) is 25.4. The number of aromatic nitrogens is 6. The van der Waals surface area contributed by atoms with E-state index in [1.807, 2.05) is 30.3 Å². The Morgan fingerprint density at radius 2 is 1.65 bits per heavy atom. The van der Waals surface area contributed by atoms with Gasteiger partial charge in [-0.2, -0.15) is 5.21 Å². The van der Waals surface area contributed by atoms with Crippen molar-refractivity contribution in [1.82, 2.24) is 30.6 Å². The van der Waals surface area contributed by atoms with Crippen LogP contribution in [0.4, 0.5) is 5.95 Å². The third-order valence-electron chi connectivity index (χ3n) is 7.40. The molecule has 1 aliphatic rings. The Labute approximate surface area is 233 Å². The number of rotatable bonds is 8. The van der Waals surface area contributed by atoms with Crippen molar-refractivity contribution in [2.24, 2.45) is 0 Å². The highest BCUT2D eigenvalue weighted by Gasteiger charge is 2.22. The topological polar surface area (TPSA) is 101 Å². The molecule has 8 nitrogen and oxygen atoms in total. The van der Waals surface area contributed by atoms with E-state index in [2.05, 4.69) is 87.9 Å². The minimum Gasteiger partial charge on any atom is -0.336 e. The van der Waals surface area contributed by atoms with Gasteiger partial charge in [0.1, 0.15) is 5.78 Å². The molecular formula is C32H31N7O. The summed E-state index contributed by atoms with van der Waals surface area (Å²) in [5.41, 5.74) is 8.02. The summed E-state index contributed by atoms with van der Waals surface area (Å²) < 4.78 is 0. The first kappa shape index (κ1) is 25.6. The maximum Gasteiger partial charge on any atom is 0.226 e. The lowest BCUT2D eigenvalue weighted by atomic mass is 9.98. The summed E-state index contributed by atoms with van der Waals surface area (Å²) in [6.45, 7) is 5.87. The van der Waals surface area contributed by atoms with Gasteiger partial charge in [-0.05, 0) is 45.9 Å². The zero-order valence-electron chi connectivity index (χ0n) is 22.7. The van der Waals surface area contributed by atoms with Crippen molar-refractivity contribution < 1.29 is 4.79 Å². The molecule has 0 amide bonds. The molecule has 3 aromatic carbocycles. The highest BCUT2D eigenvalue weighted by Crippen LogP contribution is 2.31. The minimum atomic E-state index is 0.114. The third kappa shape index (κ3) is 5.52. The van der Waals surface area contributed by atoms with Crippen LogP contribution in [0.2, 0.25) is 0 Å². The van der Waals surface area contributed by atoms with Gasteiger partial charge >= 0.3 is 0 Å². The van der Waals surface area contributed by atoms with Gasteiger partial charge in [-0.15, -0.1) is 10.2 Å². The average molecular weight is 530 g/mol. The maximum absolute atomic E-state index is 13.2. The number of hydrogen-bond donors (Lipinski definition) is 1. The number of carbonyl (C=O) groups excluding carboxylic acids is 1. The van der Waals surface area contributed by atoms with Crippen molar-refractivity contribution in [3.8, 4) is 22.6 Å². The Kier molecular flexibility index (Phi) is 7.14. The number of tetrazole rings is 1. The summed E-state index contributed by atoms with van der Waals surface area (Å²) in [7, 11) is 0. The van der Waals surface area contributed by atoms with Gasteiger partial charge < -0.3 is 4.90 Å². The van der Waals surface area contributed by atoms with Crippen molar-refractivity contribution in [2.45, 2.75) is 45.6 Å². The van der Waals surface area contributed by atoms with Gasteiger partial charge in [0.15, 0.2) is 0 Å². The summed E-state index contributed by atoms with van der Waals surface area (Å²) in [5, 5.41) is 14.6. The van der Waals surface area contributed by atoms with Crippen LogP contribution in [0.1, 0.15) is 47.7 Å². The Morgan fingerprint density at radius 3 is 2.40 bits per heavy atom. The molecule has 5 aromatic rings. The van der Waals surface area contributed by atoms with E-state index < -0.39 is 0 Å². The predicted molar refractivity (Wildman–Crippen MR) is 155 cm³/mol. The minimum absolute atomic E-state index is 0.114. The molecule has 1 N–H and O–H groups in total. The van der Waals surface area contributed by atoms with Crippen LogP contribution < -0.4 is 4.90 Å². The molecular weight excluding hydrogens is 498 g/mol. The molecule has 0 bridgehead atoms. The van der Waals surface area contributed by atoms with E-state index in [9.17, 15) is 4.79 Å². The number of anilines is 1. The molecule has 2 aromatic heterocycles. The molecule has 6 rings (SSSR count). The molecule has 1 aliphatic heterocycles. The van der Waals surface area contributed by atoms with Crippen molar-refractivity contribution in [3.05, 3.63) is 107 Å². The van der Waals surface area contributed by atoms with Crippen LogP contribution in [-0.4, -0.2) is 42.9 Å². The average Bonchev–Trinajstić information content (AvgIpc) is 3.52. The van der Waals surface area contributed by atoms with Gasteiger partial charge in [0.25, 0.3) is 0 Å². The van der Waals surface area contributed by atoms with Gasteiger partial charge in [0.05, 0.1) is 11.4 Å². The van der Waals surface area contributed by atoms with Gasteiger partial charge in [-0.25, -0.2) is 9.97 Å². The van der Waals surface area contributed by atoms with Gasteiger partial charge in [-0.3, -0.25) is 4.79 Å². The molecule has 0 atom stereocenters. The number of benzene rings is 3. The summed E-state index contributed by atoms with van der Waals surface area (Å²) in [6.07, 6.45) is 1.51. The Morgan fingerprint density at radius 1 is 0.900 bits per heavy atom. The molecule has 0 saturated heterocycles. The second kappa shape index (κ2) is 11.2. The van der Waals surface area contributed by atoms with E-state index in [1.54, 1.807) is 0 Å². The number of nitrogens with zero attached hydrogens (tertiary/aromatic N) is 6. The zero-order valence-corrected chi connectivity index (χ0v) is 22.7. The van der Waals surface area contributed by atoms with E-state index in [1.165, 1.54) is 16.7 Å². The van der Waals surface area contributed by atoms with Crippen molar-refractivity contribution >= 4 is 11.7 Å². The Bertz CT molecular complexity index is 1630. The van der Waals surface area contributed by atoms with Crippen LogP contribution in [0.15, 0.2) is 78.9 Å². The number of fused-ring (bicyclic) bond motifs is 1. The highest BCUT2D eigenvalue weighted by atomic mass is 16.1. The van der Waals surface area contributed by atoms with Gasteiger partial charge in [-0.1, -0.05) is 86.6 Å². The quantitative estimate of drug-likeness (QED) is 0.289. The van der Waals surface area contributed by atoms with Gasteiger partial charge in [0.2, 0.25) is 11.8 Å². The molecule has 0 aliphatic carbocycles. The summed E-state index contributed by atoms with van der Waals surface area (Å²) in [5.74, 6) is 1.69. The molecule has 40 heavy (non-hydrogen) atoms. The molecule has 8 heteroatoms.